The second-order valence-corrected chi connectivity index (χ2v) is 5.63. The summed E-state index contributed by atoms with van der Waals surface area (Å²) in [6.45, 7) is 0. The molecule has 3 rings (SSSR count). The quantitative estimate of drug-likeness (QED) is 0.925. The number of ether oxygens (including phenoxy) is 1. The van der Waals surface area contributed by atoms with E-state index in [-0.39, 0.29) is 0 Å². The van der Waals surface area contributed by atoms with Crippen LogP contribution in [0.15, 0.2) is 16.6 Å². The average molecular weight is 322 g/mol. The maximum atomic E-state index is 5.87. The lowest BCUT2D eigenvalue weighted by atomic mass is 10.0. The first-order chi connectivity index (χ1) is 9.11. The summed E-state index contributed by atoms with van der Waals surface area (Å²) in [5, 5.41) is 4.45. The van der Waals surface area contributed by atoms with Crippen molar-refractivity contribution < 1.29 is 4.74 Å². The smallest absolute Gasteiger partial charge is 0.142 e. The molecule has 0 spiro atoms. The van der Waals surface area contributed by atoms with Gasteiger partial charge in [0.05, 0.1) is 17.3 Å². The van der Waals surface area contributed by atoms with Crippen LogP contribution in [-0.2, 0) is 19.9 Å². The number of aryl methyl sites for hydroxylation is 2. The van der Waals surface area contributed by atoms with Crippen molar-refractivity contribution >= 4 is 21.7 Å². The van der Waals surface area contributed by atoms with Crippen molar-refractivity contribution in [2.24, 2.45) is 7.05 Å². The van der Waals surface area contributed by atoms with Gasteiger partial charge in [-0.15, -0.1) is 0 Å². The van der Waals surface area contributed by atoms with Crippen molar-refractivity contribution in [3.8, 4) is 17.0 Å². The van der Waals surface area contributed by atoms with Crippen molar-refractivity contribution in [3.63, 3.8) is 0 Å². The number of aromatic nitrogens is 2. The second-order valence-electron chi connectivity index (χ2n) is 4.84. The van der Waals surface area contributed by atoms with Gasteiger partial charge < -0.3 is 10.5 Å². The van der Waals surface area contributed by atoms with Crippen LogP contribution in [0, 0.1) is 0 Å². The molecule has 0 atom stereocenters. The highest BCUT2D eigenvalue weighted by atomic mass is 79.9. The Bertz CT molecular complexity index is 629. The van der Waals surface area contributed by atoms with Gasteiger partial charge in [0.25, 0.3) is 0 Å². The van der Waals surface area contributed by atoms with Crippen LogP contribution in [0.1, 0.15) is 17.5 Å². The van der Waals surface area contributed by atoms with Crippen LogP contribution in [0.4, 0.5) is 5.82 Å². The number of benzene rings is 1. The maximum absolute atomic E-state index is 5.87. The van der Waals surface area contributed by atoms with Gasteiger partial charge in [-0.1, -0.05) is 0 Å². The van der Waals surface area contributed by atoms with Crippen LogP contribution in [-0.4, -0.2) is 16.9 Å². The zero-order valence-corrected chi connectivity index (χ0v) is 12.6. The molecule has 0 saturated carbocycles. The van der Waals surface area contributed by atoms with E-state index in [4.69, 9.17) is 10.5 Å². The minimum Gasteiger partial charge on any atom is -0.495 e. The van der Waals surface area contributed by atoms with E-state index in [1.54, 1.807) is 11.8 Å². The molecule has 0 unspecified atom stereocenters. The molecule has 1 heterocycles. The third-order valence-electron chi connectivity index (χ3n) is 3.68. The van der Waals surface area contributed by atoms with Crippen LogP contribution >= 0.6 is 15.9 Å². The Morgan fingerprint density at radius 2 is 2.16 bits per heavy atom. The number of nitrogen functional groups attached to an aromatic ring is 1. The van der Waals surface area contributed by atoms with E-state index < -0.39 is 0 Å². The predicted molar refractivity (Wildman–Crippen MR) is 79.3 cm³/mol. The van der Waals surface area contributed by atoms with Gasteiger partial charge in [-0.2, -0.15) is 5.10 Å². The number of rotatable bonds is 2. The summed E-state index contributed by atoms with van der Waals surface area (Å²) in [7, 11) is 3.53. The molecular formula is C14H16BrN3O. The minimum atomic E-state index is 0.647. The van der Waals surface area contributed by atoms with Gasteiger partial charge in [-0.3, -0.25) is 4.68 Å². The first-order valence-electron chi connectivity index (χ1n) is 6.30. The lowest BCUT2D eigenvalue weighted by Crippen LogP contribution is -1.97. The molecule has 0 fully saturated rings. The average Bonchev–Trinajstić information content (AvgIpc) is 2.97. The molecule has 100 valence electrons. The molecule has 1 aliphatic rings. The van der Waals surface area contributed by atoms with Crippen molar-refractivity contribution in [3.05, 3.63) is 27.7 Å². The summed E-state index contributed by atoms with van der Waals surface area (Å²) in [6, 6.07) is 4.07. The van der Waals surface area contributed by atoms with Crippen LogP contribution in [0.3, 0.4) is 0 Å². The molecule has 1 aromatic carbocycles. The topological polar surface area (TPSA) is 53.1 Å². The molecule has 0 saturated heterocycles. The first-order valence-corrected chi connectivity index (χ1v) is 7.09. The van der Waals surface area contributed by atoms with E-state index in [0.717, 1.165) is 34.3 Å². The van der Waals surface area contributed by atoms with E-state index in [1.165, 1.54) is 17.5 Å². The number of fused-ring (bicyclic) bond motifs is 1. The number of anilines is 1. The van der Waals surface area contributed by atoms with Crippen molar-refractivity contribution in [1.29, 1.82) is 0 Å². The zero-order chi connectivity index (χ0) is 13.6. The number of hydrogen-bond donors (Lipinski definition) is 1. The summed E-state index contributed by atoms with van der Waals surface area (Å²) in [6.07, 6.45) is 3.43. The van der Waals surface area contributed by atoms with Gasteiger partial charge in [0.2, 0.25) is 0 Å². The molecule has 0 aliphatic heterocycles. The Morgan fingerprint density at radius 3 is 2.79 bits per heavy atom. The van der Waals surface area contributed by atoms with Gasteiger partial charge in [0, 0.05) is 18.7 Å². The lowest BCUT2D eigenvalue weighted by Gasteiger charge is -2.13. The normalized spacial score (nSPS) is 13.6. The zero-order valence-electron chi connectivity index (χ0n) is 11.0. The molecule has 0 radical (unpaired) electrons. The van der Waals surface area contributed by atoms with Crippen molar-refractivity contribution in [2.45, 2.75) is 19.3 Å². The Labute approximate surface area is 120 Å². The Hall–Kier alpha value is -1.49. The standard InChI is InChI=1S/C14H16BrN3O/c1-18-12(16)7-11(17-18)10-6-8-4-3-5-9(8)13(15)14(10)19-2/h6-7H,3-5,16H2,1-2H3. The van der Waals surface area contributed by atoms with E-state index in [1.807, 2.05) is 13.1 Å². The van der Waals surface area contributed by atoms with Gasteiger partial charge in [-0.25, -0.2) is 0 Å². The fourth-order valence-electron chi connectivity index (χ4n) is 2.68. The molecule has 4 nitrogen and oxygen atoms in total. The molecule has 2 N–H and O–H groups in total. The van der Waals surface area contributed by atoms with Crippen LogP contribution in [0.5, 0.6) is 5.75 Å². The summed E-state index contributed by atoms with van der Waals surface area (Å²) < 4.78 is 8.30. The second kappa shape index (κ2) is 4.56. The SMILES string of the molecule is COc1c(-c2cc(N)n(C)n2)cc2c(c1Br)CCC2. The van der Waals surface area contributed by atoms with Crippen LogP contribution < -0.4 is 10.5 Å². The molecular weight excluding hydrogens is 306 g/mol. The number of nitrogens with zero attached hydrogens (tertiary/aromatic N) is 2. The van der Waals surface area contributed by atoms with Crippen molar-refractivity contribution in [1.82, 2.24) is 9.78 Å². The van der Waals surface area contributed by atoms with E-state index in [2.05, 4.69) is 27.1 Å². The molecule has 0 bridgehead atoms. The summed E-state index contributed by atoms with van der Waals surface area (Å²) in [5.41, 5.74) is 10.5. The lowest BCUT2D eigenvalue weighted by molar-refractivity contribution is 0.413. The third kappa shape index (κ3) is 1.92. The van der Waals surface area contributed by atoms with Gasteiger partial charge >= 0.3 is 0 Å². The molecule has 0 amide bonds. The number of methoxy groups -OCH3 is 1. The highest BCUT2D eigenvalue weighted by Gasteiger charge is 2.22. The van der Waals surface area contributed by atoms with Crippen molar-refractivity contribution in [2.75, 3.05) is 12.8 Å². The number of halogens is 1. The van der Waals surface area contributed by atoms with E-state index >= 15 is 0 Å². The van der Waals surface area contributed by atoms with Gasteiger partial charge in [-0.05, 0) is 52.4 Å². The summed E-state index contributed by atoms with van der Waals surface area (Å²) in [4.78, 5) is 0. The molecule has 1 aromatic heterocycles. The van der Waals surface area contributed by atoms with Crippen LogP contribution in [0.2, 0.25) is 0 Å². The molecule has 2 aromatic rings. The fourth-order valence-corrected chi connectivity index (χ4v) is 3.50. The Morgan fingerprint density at radius 1 is 1.37 bits per heavy atom. The monoisotopic (exact) mass is 321 g/mol. The van der Waals surface area contributed by atoms with E-state index in [0.29, 0.717) is 5.82 Å². The van der Waals surface area contributed by atoms with Gasteiger partial charge in [0.1, 0.15) is 11.6 Å². The minimum absolute atomic E-state index is 0.647. The highest BCUT2D eigenvalue weighted by Crippen LogP contribution is 2.43. The molecule has 5 heteroatoms. The molecule has 1 aliphatic carbocycles. The predicted octanol–water partition coefficient (Wildman–Crippen LogP) is 2.93. The maximum Gasteiger partial charge on any atom is 0.142 e. The summed E-state index contributed by atoms with van der Waals surface area (Å²) in [5.74, 6) is 1.49. The number of nitrogens with two attached hydrogens (primary N) is 1. The van der Waals surface area contributed by atoms with Gasteiger partial charge in [0.15, 0.2) is 0 Å². The number of hydrogen-bond acceptors (Lipinski definition) is 3. The first kappa shape index (κ1) is 12.5. The Kier molecular flexibility index (Phi) is 3.01. The third-order valence-corrected chi connectivity index (χ3v) is 4.52. The highest BCUT2D eigenvalue weighted by molar-refractivity contribution is 9.10. The van der Waals surface area contributed by atoms with E-state index in [9.17, 15) is 0 Å². The largest absolute Gasteiger partial charge is 0.495 e. The fraction of sp³-hybridized carbons (Fsp3) is 0.357. The molecule has 19 heavy (non-hydrogen) atoms. The Balaban J connectivity index is 2.23. The summed E-state index contributed by atoms with van der Waals surface area (Å²) >= 11 is 3.68. The van der Waals surface area contributed by atoms with Crippen LogP contribution in [0.25, 0.3) is 11.3 Å².